The number of aryl methyl sites for hydroxylation is 2. The van der Waals surface area contributed by atoms with Crippen LogP contribution < -0.4 is 15.0 Å². The molecule has 1 N–H and O–H groups in total. The summed E-state index contributed by atoms with van der Waals surface area (Å²) in [7, 11) is 3.16. The number of ether oxygens (including phenoxy) is 3. The lowest BCUT2D eigenvalue weighted by Crippen LogP contribution is -2.44. The molecule has 7 nitrogen and oxygen atoms in total. The Labute approximate surface area is 228 Å². The number of fused-ring (bicyclic) bond motifs is 2. The molecule has 2 aliphatic heterocycles. The molecule has 0 radical (unpaired) electrons. The summed E-state index contributed by atoms with van der Waals surface area (Å²) in [6.07, 6.45) is 1.91. The lowest BCUT2D eigenvalue weighted by molar-refractivity contribution is -0.148. The number of carbonyl (C=O) groups is 1. The number of piperidine rings is 1. The first-order valence-corrected chi connectivity index (χ1v) is 14.2. The number of methoxy groups -OCH3 is 2. The number of anilines is 1. The summed E-state index contributed by atoms with van der Waals surface area (Å²) in [5, 5.41) is 6.46. The Bertz CT molecular complexity index is 1370. The zero-order valence-corrected chi connectivity index (χ0v) is 23.3. The van der Waals surface area contributed by atoms with E-state index in [0.717, 1.165) is 60.2 Å². The second-order valence-electron chi connectivity index (χ2n) is 10.8. The van der Waals surface area contributed by atoms with Crippen LogP contribution in [0.4, 0.5) is 5.13 Å². The molecule has 200 valence electrons. The van der Waals surface area contributed by atoms with Crippen LogP contribution in [-0.4, -0.2) is 50.9 Å². The molecule has 3 heterocycles. The average Bonchev–Trinajstić information content (AvgIpc) is 3.28. The Kier molecular flexibility index (Phi) is 6.66. The van der Waals surface area contributed by atoms with E-state index in [2.05, 4.69) is 59.8 Å². The maximum Gasteiger partial charge on any atom is 0.314 e. The molecule has 1 aliphatic carbocycles. The number of para-hydroxylation sites is 1. The van der Waals surface area contributed by atoms with Crippen molar-refractivity contribution in [3.8, 4) is 17.0 Å². The number of nitrogens with one attached hydrogen (secondary N) is 1. The van der Waals surface area contributed by atoms with Crippen LogP contribution in [0.15, 0.2) is 35.7 Å². The van der Waals surface area contributed by atoms with E-state index >= 15 is 0 Å². The zero-order valence-electron chi connectivity index (χ0n) is 22.5. The summed E-state index contributed by atoms with van der Waals surface area (Å²) < 4.78 is 17.2. The fourth-order valence-corrected chi connectivity index (χ4v) is 7.38. The number of thiazole rings is 1. The first-order chi connectivity index (χ1) is 18.5. The van der Waals surface area contributed by atoms with E-state index in [1.54, 1.807) is 18.4 Å². The fourth-order valence-electron chi connectivity index (χ4n) is 6.50. The monoisotopic (exact) mass is 533 g/mol. The van der Waals surface area contributed by atoms with Gasteiger partial charge in [0.2, 0.25) is 0 Å². The molecule has 0 spiro atoms. The Morgan fingerprint density at radius 2 is 2.11 bits per heavy atom. The van der Waals surface area contributed by atoms with Crippen molar-refractivity contribution in [3.63, 3.8) is 0 Å². The van der Waals surface area contributed by atoms with Crippen LogP contribution in [0.2, 0.25) is 0 Å². The highest BCUT2D eigenvalue weighted by molar-refractivity contribution is 7.14. The van der Waals surface area contributed by atoms with Crippen molar-refractivity contribution >= 4 is 22.4 Å². The second kappa shape index (κ2) is 9.98. The van der Waals surface area contributed by atoms with Gasteiger partial charge in [-0.25, -0.2) is 4.98 Å². The molecule has 1 aromatic heterocycles. The van der Waals surface area contributed by atoms with Crippen LogP contribution in [0.25, 0.3) is 11.3 Å². The number of aromatic nitrogens is 1. The molecule has 2 fully saturated rings. The minimum atomic E-state index is -0.475. The number of benzene rings is 2. The topological polar surface area (TPSA) is 72.9 Å². The molecule has 0 unspecified atom stereocenters. The number of carbonyl (C=O) groups excluding carboxylic acids is 1. The maximum absolute atomic E-state index is 12.7. The van der Waals surface area contributed by atoms with Gasteiger partial charge in [-0.1, -0.05) is 24.3 Å². The molecule has 3 aliphatic rings. The van der Waals surface area contributed by atoms with E-state index in [9.17, 15) is 4.79 Å². The van der Waals surface area contributed by atoms with Gasteiger partial charge in [0.05, 0.1) is 30.9 Å². The fraction of sp³-hybridized carbons (Fsp3) is 0.467. The summed E-state index contributed by atoms with van der Waals surface area (Å²) in [5.41, 5.74) is 7.85. The van der Waals surface area contributed by atoms with Crippen LogP contribution in [0.1, 0.15) is 34.2 Å². The smallest absolute Gasteiger partial charge is 0.314 e. The molecular formula is C30H35N3O4S. The molecule has 0 amide bonds. The molecule has 1 saturated heterocycles. The average molecular weight is 534 g/mol. The summed E-state index contributed by atoms with van der Waals surface area (Å²) in [6.45, 7) is 8.01. The Balaban J connectivity index is 1.25. The van der Waals surface area contributed by atoms with Crippen molar-refractivity contribution in [1.29, 1.82) is 0 Å². The van der Waals surface area contributed by atoms with Gasteiger partial charge in [0.25, 0.3) is 0 Å². The first-order valence-electron chi connectivity index (χ1n) is 13.3. The van der Waals surface area contributed by atoms with E-state index in [1.807, 2.05) is 0 Å². The lowest BCUT2D eigenvalue weighted by Gasteiger charge is -2.30. The van der Waals surface area contributed by atoms with E-state index < -0.39 is 5.41 Å². The highest BCUT2D eigenvalue weighted by Gasteiger charge is 2.71. The molecular weight excluding hydrogens is 498 g/mol. The number of nitrogens with zero attached hydrogens (tertiary/aromatic N) is 2. The molecule has 3 aromatic rings. The van der Waals surface area contributed by atoms with Crippen LogP contribution in [-0.2, 0) is 33.8 Å². The third-order valence-electron chi connectivity index (χ3n) is 8.54. The molecule has 8 heteroatoms. The summed E-state index contributed by atoms with van der Waals surface area (Å²) in [6, 6.07) is 10.7. The molecule has 6 rings (SSSR count). The van der Waals surface area contributed by atoms with E-state index in [-0.39, 0.29) is 17.9 Å². The van der Waals surface area contributed by atoms with Gasteiger partial charge < -0.3 is 24.4 Å². The first kappa shape index (κ1) is 25.3. The van der Waals surface area contributed by atoms with E-state index in [4.69, 9.17) is 19.2 Å². The quantitative estimate of drug-likeness (QED) is 0.422. The highest BCUT2D eigenvalue weighted by Crippen LogP contribution is 2.63. The van der Waals surface area contributed by atoms with Gasteiger partial charge in [0.1, 0.15) is 12.4 Å². The van der Waals surface area contributed by atoms with Crippen molar-refractivity contribution < 1.29 is 19.0 Å². The summed E-state index contributed by atoms with van der Waals surface area (Å²) in [4.78, 5) is 20.0. The molecule has 3 atom stereocenters. The molecule has 2 aromatic carbocycles. The number of hydrogen-bond acceptors (Lipinski definition) is 8. The minimum Gasteiger partial charge on any atom is -0.488 e. The van der Waals surface area contributed by atoms with E-state index in [0.29, 0.717) is 13.2 Å². The van der Waals surface area contributed by atoms with Crippen LogP contribution in [0.3, 0.4) is 0 Å². The predicted octanol–water partition coefficient (Wildman–Crippen LogP) is 4.67. The van der Waals surface area contributed by atoms with Gasteiger partial charge in [0.15, 0.2) is 5.13 Å². The third-order valence-corrected chi connectivity index (χ3v) is 9.41. The maximum atomic E-state index is 12.7. The zero-order chi connectivity index (χ0) is 26.4. The lowest BCUT2D eigenvalue weighted by atomic mass is 9.94. The third kappa shape index (κ3) is 4.19. The summed E-state index contributed by atoms with van der Waals surface area (Å²) in [5.74, 6) is 1.02. The van der Waals surface area contributed by atoms with E-state index in [1.165, 1.54) is 29.4 Å². The summed E-state index contributed by atoms with van der Waals surface area (Å²) >= 11 is 1.60. The Hall–Kier alpha value is -2.94. The van der Waals surface area contributed by atoms with Gasteiger partial charge in [-0.2, -0.15) is 0 Å². The van der Waals surface area contributed by atoms with Crippen molar-refractivity contribution in [2.24, 2.45) is 11.3 Å². The van der Waals surface area contributed by atoms with Crippen molar-refractivity contribution in [2.45, 2.75) is 45.9 Å². The standard InChI is InChI=1S/C30H35N3O4S/c1-18-6-5-7-23(27(18)37-15-20-10-19(2)24-13-31-9-8-21(24)11-20)25-17-38-29(32-25)33-14-22-12-30(22,28(34)36-4)26(33)16-35-3/h5-7,10-11,17,22,26,31H,8-9,12-16H2,1-4H3/t22-,26+,30+/m0/s1. The highest BCUT2D eigenvalue weighted by atomic mass is 32.1. The van der Waals surface area contributed by atoms with Crippen LogP contribution in [0, 0.1) is 25.2 Å². The van der Waals surface area contributed by atoms with Crippen molar-refractivity contribution in [2.75, 3.05) is 38.8 Å². The van der Waals surface area contributed by atoms with Gasteiger partial charge in [0, 0.05) is 31.1 Å². The van der Waals surface area contributed by atoms with Crippen molar-refractivity contribution in [1.82, 2.24) is 10.3 Å². The normalized spacial score (nSPS) is 23.6. The Morgan fingerprint density at radius 1 is 1.24 bits per heavy atom. The van der Waals surface area contributed by atoms with Gasteiger partial charge in [-0.15, -0.1) is 11.3 Å². The second-order valence-corrected chi connectivity index (χ2v) is 11.6. The SMILES string of the molecule is COC[C@H]1N(c2nc(-c3cccc(C)c3OCc3cc(C)c4c(c3)CCNC4)cs2)C[C@@H]2C[C@@]21C(=O)OC. The predicted molar refractivity (Wildman–Crippen MR) is 149 cm³/mol. The minimum absolute atomic E-state index is 0.0698. The molecule has 38 heavy (non-hydrogen) atoms. The molecule has 0 bridgehead atoms. The number of rotatable bonds is 8. The van der Waals surface area contributed by atoms with Gasteiger partial charge >= 0.3 is 5.97 Å². The van der Waals surface area contributed by atoms with Crippen LogP contribution >= 0.6 is 11.3 Å². The van der Waals surface area contributed by atoms with Crippen LogP contribution in [0.5, 0.6) is 5.75 Å². The van der Waals surface area contributed by atoms with Gasteiger partial charge in [-0.05, 0) is 73.0 Å². The van der Waals surface area contributed by atoms with Crippen molar-refractivity contribution in [3.05, 3.63) is 63.5 Å². The van der Waals surface area contributed by atoms with Gasteiger partial charge in [-0.3, -0.25) is 4.79 Å². The number of hydrogen-bond donors (Lipinski definition) is 1. The number of esters is 1. The Morgan fingerprint density at radius 3 is 2.92 bits per heavy atom. The molecule has 1 saturated carbocycles. The largest absolute Gasteiger partial charge is 0.488 e.